The van der Waals surface area contributed by atoms with Crippen molar-refractivity contribution in [3.8, 4) is 10.4 Å². The highest BCUT2D eigenvalue weighted by molar-refractivity contribution is 7.18. The fourth-order valence-electron chi connectivity index (χ4n) is 1.63. The lowest BCUT2D eigenvalue weighted by atomic mass is 9.97. The third-order valence-corrected chi connectivity index (χ3v) is 3.78. The molecule has 1 unspecified atom stereocenters. The molecular weight excluding hydrogens is 216 g/mol. The van der Waals surface area contributed by atoms with E-state index in [1.807, 2.05) is 6.20 Å². The molecule has 0 bridgehead atoms. The third-order valence-electron chi connectivity index (χ3n) is 2.90. The number of aromatic nitrogens is 1. The molecule has 2 rings (SSSR count). The van der Waals surface area contributed by atoms with E-state index in [0.29, 0.717) is 11.0 Å². The van der Waals surface area contributed by atoms with E-state index in [-0.39, 0.29) is 0 Å². The van der Waals surface area contributed by atoms with Crippen LogP contribution in [0.4, 0.5) is 5.13 Å². The van der Waals surface area contributed by atoms with Gasteiger partial charge in [0.1, 0.15) is 0 Å². The zero-order valence-corrected chi connectivity index (χ0v) is 10.4. The summed E-state index contributed by atoms with van der Waals surface area (Å²) in [6.45, 7) is 4.46. The summed E-state index contributed by atoms with van der Waals surface area (Å²) < 4.78 is 0. The van der Waals surface area contributed by atoms with Crippen molar-refractivity contribution in [3.05, 3.63) is 36.0 Å². The van der Waals surface area contributed by atoms with Crippen molar-refractivity contribution < 1.29 is 0 Å². The number of nitrogens with zero attached hydrogens (tertiary/aromatic N) is 1. The summed E-state index contributed by atoms with van der Waals surface area (Å²) in [5.41, 5.74) is 8.21. The Morgan fingerprint density at radius 1 is 1.31 bits per heavy atom. The van der Waals surface area contributed by atoms with Crippen LogP contribution in [0, 0.1) is 0 Å². The lowest BCUT2D eigenvalue weighted by Crippen LogP contribution is -1.90. The fourth-order valence-corrected chi connectivity index (χ4v) is 2.32. The van der Waals surface area contributed by atoms with Crippen LogP contribution in [0.3, 0.4) is 0 Å². The lowest BCUT2D eigenvalue weighted by Gasteiger charge is -2.08. The Kier molecular flexibility index (Phi) is 3.25. The smallest absolute Gasteiger partial charge is 0.180 e. The summed E-state index contributed by atoms with van der Waals surface area (Å²) in [6, 6.07) is 8.68. The molecule has 0 aliphatic rings. The topological polar surface area (TPSA) is 38.9 Å². The van der Waals surface area contributed by atoms with Crippen LogP contribution >= 0.6 is 11.3 Å². The molecule has 0 radical (unpaired) electrons. The molecule has 0 aliphatic carbocycles. The molecule has 2 N–H and O–H groups in total. The van der Waals surface area contributed by atoms with Gasteiger partial charge < -0.3 is 5.73 Å². The van der Waals surface area contributed by atoms with Crippen molar-refractivity contribution in [2.75, 3.05) is 5.73 Å². The van der Waals surface area contributed by atoms with Crippen LogP contribution < -0.4 is 5.73 Å². The number of nitrogens with two attached hydrogens (primary N) is 1. The minimum Gasteiger partial charge on any atom is -0.375 e. The van der Waals surface area contributed by atoms with Gasteiger partial charge in [0.05, 0.1) is 4.88 Å². The van der Waals surface area contributed by atoms with E-state index in [0.717, 1.165) is 4.88 Å². The first-order chi connectivity index (χ1) is 7.70. The van der Waals surface area contributed by atoms with E-state index < -0.39 is 0 Å². The molecule has 0 saturated heterocycles. The highest BCUT2D eigenvalue weighted by atomic mass is 32.1. The Hall–Kier alpha value is -1.35. The molecule has 16 heavy (non-hydrogen) atoms. The minimum absolute atomic E-state index is 0.626. The highest BCUT2D eigenvalue weighted by Gasteiger charge is 2.05. The first-order valence-electron chi connectivity index (χ1n) is 5.52. The van der Waals surface area contributed by atoms with Crippen LogP contribution in [-0.4, -0.2) is 4.98 Å². The SMILES string of the molecule is CCC(C)c1ccc(-c2cnc(N)s2)cc1. The Morgan fingerprint density at radius 2 is 2.00 bits per heavy atom. The normalized spacial score (nSPS) is 12.6. The van der Waals surface area contributed by atoms with Crippen LogP contribution in [0.5, 0.6) is 0 Å². The van der Waals surface area contributed by atoms with Gasteiger partial charge in [0.15, 0.2) is 5.13 Å². The molecule has 2 nitrogen and oxygen atoms in total. The number of hydrogen-bond acceptors (Lipinski definition) is 3. The zero-order chi connectivity index (χ0) is 11.5. The number of thiazole rings is 1. The van der Waals surface area contributed by atoms with Gasteiger partial charge in [-0.25, -0.2) is 4.98 Å². The van der Waals surface area contributed by atoms with Gasteiger partial charge in [0.25, 0.3) is 0 Å². The fraction of sp³-hybridized carbons (Fsp3) is 0.308. The van der Waals surface area contributed by atoms with Crippen molar-refractivity contribution in [1.82, 2.24) is 4.98 Å². The minimum atomic E-state index is 0.626. The van der Waals surface area contributed by atoms with Crippen LogP contribution in [-0.2, 0) is 0 Å². The van der Waals surface area contributed by atoms with Crippen molar-refractivity contribution >= 4 is 16.5 Å². The largest absolute Gasteiger partial charge is 0.375 e. The van der Waals surface area contributed by atoms with E-state index in [1.54, 1.807) is 0 Å². The second-order valence-electron chi connectivity index (χ2n) is 3.99. The van der Waals surface area contributed by atoms with Crippen molar-refractivity contribution in [1.29, 1.82) is 0 Å². The van der Waals surface area contributed by atoms with E-state index in [4.69, 9.17) is 5.73 Å². The molecule has 1 heterocycles. The maximum absolute atomic E-state index is 5.62. The predicted octanol–water partition coefficient (Wildman–Crippen LogP) is 3.91. The summed E-state index contributed by atoms with van der Waals surface area (Å²) in [7, 11) is 0. The van der Waals surface area contributed by atoms with Gasteiger partial charge in [-0.05, 0) is 23.5 Å². The molecule has 0 saturated carbocycles. The van der Waals surface area contributed by atoms with Crippen molar-refractivity contribution in [2.45, 2.75) is 26.2 Å². The van der Waals surface area contributed by atoms with Gasteiger partial charge >= 0.3 is 0 Å². The Balaban J connectivity index is 2.25. The first kappa shape index (κ1) is 11.1. The van der Waals surface area contributed by atoms with Gasteiger partial charge in [-0.2, -0.15) is 0 Å². The van der Waals surface area contributed by atoms with Crippen LogP contribution in [0.25, 0.3) is 10.4 Å². The zero-order valence-electron chi connectivity index (χ0n) is 9.60. The molecule has 3 heteroatoms. The molecule has 0 spiro atoms. The van der Waals surface area contributed by atoms with E-state index >= 15 is 0 Å². The average molecular weight is 232 g/mol. The molecule has 2 aromatic rings. The average Bonchev–Trinajstić information content (AvgIpc) is 2.75. The Morgan fingerprint density at radius 3 is 2.50 bits per heavy atom. The lowest BCUT2D eigenvalue weighted by molar-refractivity contribution is 0.734. The number of nitrogen functional groups attached to an aromatic ring is 1. The molecule has 0 fully saturated rings. The van der Waals surface area contributed by atoms with Crippen LogP contribution in [0.15, 0.2) is 30.5 Å². The van der Waals surface area contributed by atoms with E-state index in [9.17, 15) is 0 Å². The summed E-state index contributed by atoms with van der Waals surface area (Å²) in [5, 5.41) is 0.626. The summed E-state index contributed by atoms with van der Waals surface area (Å²) in [4.78, 5) is 5.20. The van der Waals surface area contributed by atoms with Gasteiger partial charge in [-0.15, -0.1) is 0 Å². The predicted molar refractivity (Wildman–Crippen MR) is 70.7 cm³/mol. The van der Waals surface area contributed by atoms with Gasteiger partial charge in [-0.3, -0.25) is 0 Å². The van der Waals surface area contributed by atoms with Gasteiger partial charge in [0.2, 0.25) is 0 Å². The van der Waals surface area contributed by atoms with E-state index in [2.05, 4.69) is 43.1 Å². The van der Waals surface area contributed by atoms with Crippen LogP contribution in [0.2, 0.25) is 0 Å². The summed E-state index contributed by atoms with van der Waals surface area (Å²) >= 11 is 1.53. The monoisotopic (exact) mass is 232 g/mol. The number of benzene rings is 1. The standard InChI is InChI=1S/C13H16N2S/c1-3-9(2)10-4-6-11(7-5-10)12-8-15-13(14)16-12/h4-9H,3H2,1-2H3,(H2,14,15). The van der Waals surface area contributed by atoms with Crippen molar-refractivity contribution in [3.63, 3.8) is 0 Å². The molecule has 84 valence electrons. The molecule has 1 atom stereocenters. The molecule has 0 amide bonds. The Bertz CT molecular complexity index is 459. The highest BCUT2D eigenvalue weighted by Crippen LogP contribution is 2.28. The summed E-state index contributed by atoms with van der Waals surface area (Å²) in [5.74, 6) is 0.626. The van der Waals surface area contributed by atoms with Crippen molar-refractivity contribution in [2.24, 2.45) is 0 Å². The molecular formula is C13H16N2S. The second-order valence-corrected chi connectivity index (χ2v) is 5.06. The second kappa shape index (κ2) is 4.66. The van der Waals surface area contributed by atoms with Gasteiger partial charge in [-0.1, -0.05) is 49.4 Å². The number of rotatable bonds is 3. The molecule has 1 aromatic heterocycles. The summed E-state index contributed by atoms with van der Waals surface area (Å²) in [6.07, 6.45) is 3.01. The third kappa shape index (κ3) is 2.25. The van der Waals surface area contributed by atoms with E-state index in [1.165, 1.54) is 28.9 Å². The quantitative estimate of drug-likeness (QED) is 0.871. The molecule has 0 aliphatic heterocycles. The molecule has 1 aromatic carbocycles. The van der Waals surface area contributed by atoms with Crippen LogP contribution in [0.1, 0.15) is 31.7 Å². The maximum Gasteiger partial charge on any atom is 0.180 e. The maximum atomic E-state index is 5.62. The number of hydrogen-bond donors (Lipinski definition) is 1. The Labute approximate surface area is 100 Å². The van der Waals surface area contributed by atoms with Gasteiger partial charge in [0, 0.05) is 6.20 Å². The number of anilines is 1. The first-order valence-corrected chi connectivity index (χ1v) is 6.34.